The highest BCUT2D eigenvalue weighted by Gasteiger charge is 2.30. The van der Waals surface area contributed by atoms with E-state index in [-0.39, 0.29) is 12.0 Å². The first-order chi connectivity index (χ1) is 11.2. The van der Waals surface area contributed by atoms with Crippen LogP contribution in [0.3, 0.4) is 0 Å². The molecule has 1 aliphatic heterocycles. The molecule has 0 unspecified atom stereocenters. The Morgan fingerprint density at radius 2 is 1.70 bits per heavy atom. The standard InChI is InChI=1S/C20H21NO2/c1-14-10-11-21(12-14)20(22)23-13-19-17-8-4-2-6-15(17)16-7-3-5-9-18(16)19/h2-9,14,19H,10-13H2,1H3/t14-/m1/s1. The predicted octanol–water partition coefficient (Wildman–Crippen LogP) is 4.28. The third kappa shape index (κ3) is 2.50. The molecule has 4 rings (SSSR count). The summed E-state index contributed by atoms with van der Waals surface area (Å²) in [7, 11) is 0. The van der Waals surface area contributed by atoms with E-state index in [2.05, 4.69) is 55.5 Å². The molecule has 1 saturated heterocycles. The zero-order chi connectivity index (χ0) is 15.8. The number of likely N-dealkylation sites (tertiary alicyclic amines) is 1. The Kier molecular flexibility index (Phi) is 3.56. The maximum atomic E-state index is 12.3. The summed E-state index contributed by atoms with van der Waals surface area (Å²) in [5, 5.41) is 0. The molecule has 0 aromatic heterocycles. The quantitative estimate of drug-likeness (QED) is 0.829. The lowest BCUT2D eigenvalue weighted by Crippen LogP contribution is -2.30. The molecular formula is C20H21NO2. The van der Waals surface area contributed by atoms with E-state index in [0.29, 0.717) is 12.5 Å². The molecule has 118 valence electrons. The number of hydrogen-bond donors (Lipinski definition) is 0. The first-order valence-corrected chi connectivity index (χ1v) is 8.34. The third-order valence-corrected chi connectivity index (χ3v) is 5.02. The largest absolute Gasteiger partial charge is 0.448 e. The first kappa shape index (κ1) is 14.3. The fraction of sp³-hybridized carbons (Fsp3) is 0.350. The number of carbonyl (C=O) groups is 1. The maximum absolute atomic E-state index is 12.3. The molecule has 0 radical (unpaired) electrons. The lowest BCUT2D eigenvalue weighted by molar-refractivity contribution is 0.107. The molecule has 0 saturated carbocycles. The van der Waals surface area contributed by atoms with Crippen molar-refractivity contribution < 1.29 is 9.53 Å². The van der Waals surface area contributed by atoms with Gasteiger partial charge in [-0.25, -0.2) is 4.79 Å². The van der Waals surface area contributed by atoms with Crippen molar-refractivity contribution in [2.45, 2.75) is 19.3 Å². The van der Waals surface area contributed by atoms with E-state index in [1.165, 1.54) is 22.3 Å². The number of rotatable bonds is 2. The SMILES string of the molecule is C[C@@H]1CCN(C(=O)OCC2c3ccccc3-c3ccccc32)C1. The van der Waals surface area contributed by atoms with Gasteiger partial charge in [-0.3, -0.25) is 0 Å². The molecule has 1 fully saturated rings. The van der Waals surface area contributed by atoms with Gasteiger partial charge in [0.2, 0.25) is 0 Å². The molecule has 1 heterocycles. The summed E-state index contributed by atoms with van der Waals surface area (Å²) in [6.45, 7) is 4.23. The van der Waals surface area contributed by atoms with Crippen LogP contribution in [0.25, 0.3) is 11.1 Å². The number of nitrogens with zero attached hydrogens (tertiary/aromatic N) is 1. The average Bonchev–Trinajstić information content (AvgIpc) is 3.15. The highest BCUT2D eigenvalue weighted by molar-refractivity contribution is 5.79. The fourth-order valence-electron chi connectivity index (χ4n) is 3.79. The van der Waals surface area contributed by atoms with Gasteiger partial charge in [-0.15, -0.1) is 0 Å². The van der Waals surface area contributed by atoms with Crippen LogP contribution in [0, 0.1) is 5.92 Å². The molecule has 3 nitrogen and oxygen atoms in total. The second-order valence-electron chi connectivity index (χ2n) is 6.64. The number of fused-ring (bicyclic) bond motifs is 3. The molecule has 2 aromatic carbocycles. The Bertz CT molecular complexity index is 694. The minimum Gasteiger partial charge on any atom is -0.448 e. The van der Waals surface area contributed by atoms with Crippen LogP contribution in [0.15, 0.2) is 48.5 Å². The highest BCUT2D eigenvalue weighted by atomic mass is 16.6. The molecule has 0 bridgehead atoms. The van der Waals surface area contributed by atoms with Gasteiger partial charge < -0.3 is 9.64 Å². The Morgan fingerprint density at radius 3 is 2.26 bits per heavy atom. The summed E-state index contributed by atoms with van der Waals surface area (Å²) in [6.07, 6.45) is 0.903. The molecule has 2 aliphatic rings. The number of carbonyl (C=O) groups excluding carboxylic acids is 1. The van der Waals surface area contributed by atoms with Crippen molar-refractivity contribution in [3.8, 4) is 11.1 Å². The monoisotopic (exact) mass is 307 g/mol. The van der Waals surface area contributed by atoms with Crippen LogP contribution in [0.1, 0.15) is 30.4 Å². The van der Waals surface area contributed by atoms with Gasteiger partial charge in [0.1, 0.15) is 6.61 Å². The molecule has 23 heavy (non-hydrogen) atoms. The van der Waals surface area contributed by atoms with E-state index < -0.39 is 0 Å². The summed E-state index contributed by atoms with van der Waals surface area (Å²) in [5.41, 5.74) is 5.05. The zero-order valence-corrected chi connectivity index (χ0v) is 13.4. The van der Waals surface area contributed by atoms with E-state index in [9.17, 15) is 4.79 Å². The fourth-order valence-corrected chi connectivity index (χ4v) is 3.79. The Balaban J connectivity index is 1.54. The van der Waals surface area contributed by atoms with Crippen molar-refractivity contribution in [1.29, 1.82) is 0 Å². The zero-order valence-electron chi connectivity index (χ0n) is 13.4. The third-order valence-electron chi connectivity index (χ3n) is 5.02. The van der Waals surface area contributed by atoms with Crippen LogP contribution in [-0.4, -0.2) is 30.7 Å². The van der Waals surface area contributed by atoms with Crippen molar-refractivity contribution >= 4 is 6.09 Å². The second-order valence-corrected chi connectivity index (χ2v) is 6.64. The lowest BCUT2D eigenvalue weighted by Gasteiger charge is -2.19. The van der Waals surface area contributed by atoms with Crippen molar-refractivity contribution in [2.75, 3.05) is 19.7 Å². The van der Waals surface area contributed by atoms with E-state index in [1.54, 1.807) is 0 Å². The number of benzene rings is 2. The normalized spacial score (nSPS) is 19.5. The van der Waals surface area contributed by atoms with E-state index in [1.807, 2.05) is 4.90 Å². The van der Waals surface area contributed by atoms with Gasteiger partial charge in [0.15, 0.2) is 0 Å². The smallest absolute Gasteiger partial charge is 0.409 e. The van der Waals surface area contributed by atoms with Crippen molar-refractivity contribution in [3.05, 3.63) is 59.7 Å². The summed E-state index contributed by atoms with van der Waals surface area (Å²) in [6, 6.07) is 16.8. The average molecular weight is 307 g/mol. The van der Waals surface area contributed by atoms with Crippen molar-refractivity contribution in [3.63, 3.8) is 0 Å². The molecule has 2 aromatic rings. The second kappa shape index (κ2) is 5.73. The predicted molar refractivity (Wildman–Crippen MR) is 90.4 cm³/mol. The van der Waals surface area contributed by atoms with Crippen LogP contribution in [0.5, 0.6) is 0 Å². The molecule has 1 amide bonds. The molecule has 1 atom stereocenters. The maximum Gasteiger partial charge on any atom is 0.409 e. The van der Waals surface area contributed by atoms with E-state index in [0.717, 1.165) is 19.5 Å². The van der Waals surface area contributed by atoms with Gasteiger partial charge in [-0.1, -0.05) is 55.5 Å². The minimum absolute atomic E-state index is 0.145. The van der Waals surface area contributed by atoms with Crippen molar-refractivity contribution in [1.82, 2.24) is 4.90 Å². The van der Waals surface area contributed by atoms with E-state index >= 15 is 0 Å². The van der Waals surface area contributed by atoms with Gasteiger partial charge in [-0.2, -0.15) is 0 Å². The van der Waals surface area contributed by atoms with Crippen LogP contribution >= 0.6 is 0 Å². The molecule has 3 heteroatoms. The van der Waals surface area contributed by atoms with Gasteiger partial charge in [0.05, 0.1) is 0 Å². The van der Waals surface area contributed by atoms with E-state index in [4.69, 9.17) is 4.74 Å². The molecule has 1 aliphatic carbocycles. The van der Waals surface area contributed by atoms with Gasteiger partial charge in [0.25, 0.3) is 0 Å². The summed E-state index contributed by atoms with van der Waals surface area (Å²) < 4.78 is 5.66. The topological polar surface area (TPSA) is 29.5 Å². The number of hydrogen-bond acceptors (Lipinski definition) is 2. The van der Waals surface area contributed by atoms with Crippen LogP contribution in [0.2, 0.25) is 0 Å². The molecule has 0 spiro atoms. The van der Waals surface area contributed by atoms with Crippen molar-refractivity contribution in [2.24, 2.45) is 5.92 Å². The highest BCUT2D eigenvalue weighted by Crippen LogP contribution is 2.44. The van der Waals surface area contributed by atoms with Crippen LogP contribution < -0.4 is 0 Å². The van der Waals surface area contributed by atoms with Gasteiger partial charge >= 0.3 is 6.09 Å². The van der Waals surface area contributed by atoms with Crippen LogP contribution in [-0.2, 0) is 4.74 Å². The number of ether oxygens (including phenoxy) is 1. The molecular weight excluding hydrogens is 286 g/mol. The summed E-state index contributed by atoms with van der Waals surface area (Å²) in [4.78, 5) is 14.1. The Hall–Kier alpha value is -2.29. The van der Waals surface area contributed by atoms with Gasteiger partial charge in [-0.05, 0) is 34.6 Å². The van der Waals surface area contributed by atoms with Crippen LogP contribution in [0.4, 0.5) is 4.79 Å². The Morgan fingerprint density at radius 1 is 1.09 bits per heavy atom. The molecule has 0 N–H and O–H groups in total. The van der Waals surface area contributed by atoms with Gasteiger partial charge in [0, 0.05) is 19.0 Å². The lowest BCUT2D eigenvalue weighted by atomic mass is 9.98. The number of amides is 1. The first-order valence-electron chi connectivity index (χ1n) is 8.34. The summed E-state index contributed by atoms with van der Waals surface area (Å²) in [5.74, 6) is 0.724. The minimum atomic E-state index is -0.170. The Labute approximate surface area is 136 Å². The summed E-state index contributed by atoms with van der Waals surface area (Å²) >= 11 is 0.